The summed E-state index contributed by atoms with van der Waals surface area (Å²) in [5.41, 5.74) is 6.56. The van der Waals surface area contributed by atoms with Crippen LogP contribution in [0.25, 0.3) is 12.3 Å². The fraction of sp³-hybridized carbons (Fsp3) is 0.158. The van der Waals surface area contributed by atoms with Crippen molar-refractivity contribution < 1.29 is 9.59 Å². The van der Waals surface area contributed by atoms with Crippen molar-refractivity contribution in [2.75, 3.05) is 0 Å². The molecule has 0 saturated heterocycles. The van der Waals surface area contributed by atoms with Crippen molar-refractivity contribution in [3.8, 4) is 0 Å². The van der Waals surface area contributed by atoms with E-state index in [0.29, 0.717) is 21.8 Å². The van der Waals surface area contributed by atoms with Crippen LogP contribution in [0.5, 0.6) is 0 Å². The second kappa shape index (κ2) is 7.40. The minimum atomic E-state index is -0.350. The lowest BCUT2D eigenvalue weighted by Crippen LogP contribution is -2.31. The molecular weight excluding hydrogens is 373 g/mol. The predicted octanol–water partition coefficient (Wildman–Crippen LogP) is 2.07. The number of hydrogen-bond acceptors (Lipinski definition) is 3. The predicted molar refractivity (Wildman–Crippen MR) is 103 cm³/mol. The van der Waals surface area contributed by atoms with Crippen LogP contribution < -0.4 is 21.6 Å². The highest BCUT2D eigenvalue weighted by atomic mass is 35.5. The Bertz CT molecular complexity index is 1000. The molecule has 0 aliphatic heterocycles. The number of carbonyl (C=O) groups is 2. The quantitative estimate of drug-likeness (QED) is 0.683. The fourth-order valence-electron chi connectivity index (χ4n) is 2.60. The number of nitrogens with one attached hydrogen (secondary N) is 2. The molecule has 1 heterocycles. The SMILES string of the molecule is C=C(/C=c1/c(C(=O)c2c(Cl)cccc2Cl)c[nH]/c1=C/N)NC(=O)C1CC1. The first-order valence-electron chi connectivity index (χ1n) is 8.02. The Hall–Kier alpha value is -2.50. The largest absolute Gasteiger partial charge is 0.403 e. The molecule has 5 nitrogen and oxygen atoms in total. The molecule has 1 aliphatic rings. The van der Waals surface area contributed by atoms with Crippen molar-refractivity contribution in [3.05, 3.63) is 68.4 Å². The number of ketones is 1. The molecule has 2 aromatic rings. The first kappa shape index (κ1) is 18.3. The molecule has 0 bridgehead atoms. The van der Waals surface area contributed by atoms with Gasteiger partial charge in [0.1, 0.15) is 0 Å². The summed E-state index contributed by atoms with van der Waals surface area (Å²) in [5, 5.41) is 4.29. The number of H-pyrrole nitrogens is 1. The van der Waals surface area contributed by atoms with E-state index in [1.54, 1.807) is 24.3 Å². The molecule has 1 aromatic heterocycles. The van der Waals surface area contributed by atoms with Gasteiger partial charge < -0.3 is 16.0 Å². The van der Waals surface area contributed by atoms with Gasteiger partial charge in [0.05, 0.1) is 21.0 Å². The Morgan fingerprint density at radius 2 is 1.92 bits per heavy atom. The number of amides is 1. The van der Waals surface area contributed by atoms with Gasteiger partial charge in [-0.3, -0.25) is 9.59 Å². The van der Waals surface area contributed by atoms with Gasteiger partial charge in [-0.05, 0) is 31.1 Å². The maximum atomic E-state index is 13.0. The molecule has 26 heavy (non-hydrogen) atoms. The van der Waals surface area contributed by atoms with Crippen molar-refractivity contribution in [1.82, 2.24) is 10.3 Å². The highest BCUT2D eigenvalue weighted by Gasteiger charge is 2.29. The zero-order valence-corrected chi connectivity index (χ0v) is 15.3. The van der Waals surface area contributed by atoms with E-state index in [1.807, 2.05) is 0 Å². The van der Waals surface area contributed by atoms with E-state index in [1.165, 1.54) is 12.4 Å². The molecular formula is C19H17Cl2N3O2. The van der Waals surface area contributed by atoms with Crippen LogP contribution >= 0.6 is 23.2 Å². The van der Waals surface area contributed by atoms with Gasteiger partial charge in [0.15, 0.2) is 5.78 Å². The van der Waals surface area contributed by atoms with Gasteiger partial charge in [0, 0.05) is 34.8 Å². The molecule has 0 spiro atoms. The highest BCUT2D eigenvalue weighted by Crippen LogP contribution is 2.29. The standard InChI is InChI=1S/C19H17Cl2N3O2/c1-10(24-19(26)11-5-6-11)7-12-13(9-23-16(12)8-22)18(25)17-14(20)3-2-4-15(17)21/h2-4,7-9,11,23H,1,5-6,22H2,(H,24,26)/b12-7-,16-8+. The van der Waals surface area contributed by atoms with Crippen LogP contribution in [0.2, 0.25) is 10.0 Å². The summed E-state index contributed by atoms with van der Waals surface area (Å²) in [7, 11) is 0. The number of aromatic amines is 1. The van der Waals surface area contributed by atoms with E-state index < -0.39 is 0 Å². The lowest BCUT2D eigenvalue weighted by molar-refractivity contribution is -0.121. The first-order chi connectivity index (χ1) is 12.4. The third-order valence-corrected chi connectivity index (χ3v) is 4.73. The maximum absolute atomic E-state index is 13.0. The number of rotatable bonds is 5. The molecule has 4 N–H and O–H groups in total. The summed E-state index contributed by atoms with van der Waals surface area (Å²) >= 11 is 12.3. The Morgan fingerprint density at radius 1 is 1.27 bits per heavy atom. The summed E-state index contributed by atoms with van der Waals surface area (Å²) in [6.45, 7) is 3.84. The van der Waals surface area contributed by atoms with E-state index in [-0.39, 0.29) is 33.2 Å². The molecule has 0 radical (unpaired) electrons. The molecule has 1 saturated carbocycles. The summed E-state index contributed by atoms with van der Waals surface area (Å²) in [5.74, 6) is -0.366. The third-order valence-electron chi connectivity index (χ3n) is 4.10. The summed E-state index contributed by atoms with van der Waals surface area (Å²) in [6.07, 6.45) is 6.25. The number of aromatic nitrogens is 1. The first-order valence-corrected chi connectivity index (χ1v) is 8.77. The van der Waals surface area contributed by atoms with Crippen molar-refractivity contribution in [1.29, 1.82) is 0 Å². The molecule has 1 aromatic carbocycles. The van der Waals surface area contributed by atoms with Crippen molar-refractivity contribution in [3.63, 3.8) is 0 Å². The van der Waals surface area contributed by atoms with E-state index in [9.17, 15) is 9.59 Å². The van der Waals surface area contributed by atoms with Crippen LogP contribution in [0.1, 0.15) is 28.8 Å². The van der Waals surface area contributed by atoms with Crippen molar-refractivity contribution in [2.45, 2.75) is 12.8 Å². The lowest BCUT2D eigenvalue weighted by atomic mass is 10.0. The highest BCUT2D eigenvalue weighted by molar-refractivity contribution is 6.41. The van der Waals surface area contributed by atoms with Gasteiger partial charge in [-0.1, -0.05) is 35.8 Å². The van der Waals surface area contributed by atoms with Crippen LogP contribution in [-0.2, 0) is 4.79 Å². The van der Waals surface area contributed by atoms with Crippen LogP contribution in [0.15, 0.2) is 36.7 Å². The molecule has 134 valence electrons. The minimum absolute atomic E-state index is 0.0509. The zero-order chi connectivity index (χ0) is 18.8. The molecule has 1 aliphatic carbocycles. The minimum Gasteiger partial charge on any atom is -0.403 e. The van der Waals surface area contributed by atoms with Crippen LogP contribution in [0.3, 0.4) is 0 Å². The van der Waals surface area contributed by atoms with Crippen LogP contribution in [0.4, 0.5) is 0 Å². The number of nitrogens with two attached hydrogens (primary N) is 1. The zero-order valence-electron chi connectivity index (χ0n) is 13.8. The summed E-state index contributed by atoms with van der Waals surface area (Å²) in [6, 6.07) is 4.86. The molecule has 7 heteroatoms. The summed E-state index contributed by atoms with van der Waals surface area (Å²) in [4.78, 5) is 27.8. The number of carbonyl (C=O) groups excluding carboxylic acids is 2. The fourth-order valence-corrected chi connectivity index (χ4v) is 3.17. The molecule has 0 atom stereocenters. The Morgan fingerprint density at radius 3 is 2.50 bits per heavy atom. The Labute approximate surface area is 160 Å². The van der Waals surface area contributed by atoms with Gasteiger partial charge in [-0.25, -0.2) is 0 Å². The molecule has 1 amide bonds. The topological polar surface area (TPSA) is 88.0 Å². The Balaban J connectivity index is 2.03. The van der Waals surface area contributed by atoms with Gasteiger partial charge in [-0.2, -0.15) is 0 Å². The van der Waals surface area contributed by atoms with Gasteiger partial charge in [0.25, 0.3) is 0 Å². The van der Waals surface area contributed by atoms with Gasteiger partial charge in [0.2, 0.25) is 5.91 Å². The smallest absolute Gasteiger partial charge is 0.227 e. The van der Waals surface area contributed by atoms with Gasteiger partial charge in [-0.15, -0.1) is 0 Å². The molecule has 0 unspecified atom stereocenters. The van der Waals surface area contributed by atoms with E-state index in [4.69, 9.17) is 28.9 Å². The average molecular weight is 390 g/mol. The number of halogens is 2. The molecule has 3 rings (SSSR count). The number of hydrogen-bond donors (Lipinski definition) is 3. The van der Waals surface area contributed by atoms with E-state index in [0.717, 1.165) is 12.8 Å². The molecule has 1 fully saturated rings. The van der Waals surface area contributed by atoms with Crippen LogP contribution in [-0.4, -0.2) is 16.7 Å². The van der Waals surface area contributed by atoms with Crippen molar-refractivity contribution in [2.24, 2.45) is 11.7 Å². The third kappa shape index (κ3) is 3.69. The van der Waals surface area contributed by atoms with E-state index in [2.05, 4.69) is 16.9 Å². The number of allylic oxidation sites excluding steroid dienone is 1. The van der Waals surface area contributed by atoms with Gasteiger partial charge >= 0.3 is 0 Å². The monoisotopic (exact) mass is 389 g/mol. The van der Waals surface area contributed by atoms with Crippen LogP contribution in [0, 0.1) is 5.92 Å². The Kier molecular flexibility index (Phi) is 5.20. The lowest BCUT2D eigenvalue weighted by Gasteiger charge is -2.05. The van der Waals surface area contributed by atoms with E-state index >= 15 is 0 Å². The second-order valence-corrected chi connectivity index (χ2v) is 6.87. The average Bonchev–Trinajstić information content (AvgIpc) is 3.36. The second-order valence-electron chi connectivity index (χ2n) is 6.06. The normalized spacial score (nSPS) is 15.2. The number of benzene rings is 1. The summed E-state index contributed by atoms with van der Waals surface area (Å²) < 4.78 is 0. The van der Waals surface area contributed by atoms with Crippen molar-refractivity contribution >= 4 is 47.2 Å². The maximum Gasteiger partial charge on any atom is 0.227 e.